The van der Waals surface area contributed by atoms with E-state index in [2.05, 4.69) is 28.9 Å². The first kappa shape index (κ1) is 30.3. The number of carbonyl (C=O) groups is 2. The van der Waals surface area contributed by atoms with Crippen LogP contribution in [0.15, 0.2) is 101 Å². The van der Waals surface area contributed by atoms with E-state index >= 15 is 0 Å². The number of methoxy groups -OCH3 is 1. The lowest BCUT2D eigenvalue weighted by molar-refractivity contribution is -0.114. The van der Waals surface area contributed by atoms with Gasteiger partial charge in [0.15, 0.2) is 0 Å². The summed E-state index contributed by atoms with van der Waals surface area (Å²) < 4.78 is 11.1. The molecule has 0 radical (unpaired) electrons. The number of nitrogens with zero attached hydrogens (tertiary/aromatic N) is 1. The van der Waals surface area contributed by atoms with Gasteiger partial charge in [0.25, 0.3) is 5.91 Å². The molecule has 42 heavy (non-hydrogen) atoms. The largest absolute Gasteiger partial charge is 0.495 e. The molecule has 3 aromatic carbocycles. The van der Waals surface area contributed by atoms with Crippen molar-refractivity contribution in [2.24, 2.45) is 0 Å². The van der Waals surface area contributed by atoms with Crippen molar-refractivity contribution in [3.63, 3.8) is 0 Å². The molecule has 1 aliphatic rings. The highest BCUT2D eigenvalue weighted by molar-refractivity contribution is 8.03. The zero-order chi connectivity index (χ0) is 29.9. The van der Waals surface area contributed by atoms with Crippen molar-refractivity contribution in [2.45, 2.75) is 32.6 Å². The molecule has 2 amide bonds. The number of rotatable bonds is 12. The minimum absolute atomic E-state index is 0.0615. The number of benzene rings is 3. The second-order valence-electron chi connectivity index (χ2n) is 9.58. The number of ether oxygens (including phenoxy) is 2. The lowest BCUT2D eigenvalue weighted by atomic mass is 9.82. The molecule has 216 valence electrons. The average Bonchev–Trinajstić information content (AvgIpc) is 3.00. The van der Waals surface area contributed by atoms with Crippen LogP contribution in [0.25, 0.3) is 0 Å². The van der Waals surface area contributed by atoms with E-state index in [1.807, 2.05) is 54.6 Å². The molecule has 0 aromatic heterocycles. The molecule has 0 unspecified atom stereocenters. The number of allylic oxidation sites excluding steroid dienone is 2. The number of nitriles is 1. The van der Waals surface area contributed by atoms with Crippen LogP contribution in [0.3, 0.4) is 0 Å². The summed E-state index contributed by atoms with van der Waals surface area (Å²) in [7, 11) is 1.54. The number of nitrogens with one attached hydrogen (secondary N) is 3. The molecule has 1 aliphatic heterocycles. The van der Waals surface area contributed by atoms with Crippen LogP contribution in [0.1, 0.15) is 38.2 Å². The number of unbranched alkanes of at least 4 members (excludes halogenated alkanes) is 1. The molecule has 0 aliphatic carbocycles. The van der Waals surface area contributed by atoms with E-state index in [1.165, 1.54) is 11.8 Å². The number of thioether (sulfide) groups is 1. The van der Waals surface area contributed by atoms with E-state index < -0.39 is 5.92 Å². The summed E-state index contributed by atoms with van der Waals surface area (Å²) in [6.07, 6.45) is 1.99. The van der Waals surface area contributed by atoms with Gasteiger partial charge in [0, 0.05) is 23.0 Å². The van der Waals surface area contributed by atoms with Crippen molar-refractivity contribution < 1.29 is 19.1 Å². The Morgan fingerprint density at radius 2 is 1.79 bits per heavy atom. The lowest BCUT2D eigenvalue weighted by Crippen LogP contribution is -2.31. The van der Waals surface area contributed by atoms with Gasteiger partial charge in [0.05, 0.1) is 47.7 Å². The highest BCUT2D eigenvalue weighted by Crippen LogP contribution is 2.41. The second kappa shape index (κ2) is 14.8. The number of dihydropyridines is 1. The van der Waals surface area contributed by atoms with Crippen molar-refractivity contribution in [1.29, 1.82) is 5.26 Å². The monoisotopic (exact) mass is 582 g/mol. The van der Waals surface area contributed by atoms with Gasteiger partial charge in [-0.3, -0.25) is 9.59 Å². The van der Waals surface area contributed by atoms with Gasteiger partial charge >= 0.3 is 0 Å². The summed E-state index contributed by atoms with van der Waals surface area (Å²) >= 11 is 1.22. The van der Waals surface area contributed by atoms with Crippen LogP contribution in [0.2, 0.25) is 0 Å². The Labute approximate surface area is 250 Å². The first-order valence-corrected chi connectivity index (χ1v) is 14.7. The Morgan fingerprint density at radius 1 is 1.02 bits per heavy atom. The normalized spacial score (nSPS) is 14.5. The van der Waals surface area contributed by atoms with Gasteiger partial charge in [-0.25, -0.2) is 0 Å². The second-order valence-corrected chi connectivity index (χ2v) is 10.6. The van der Waals surface area contributed by atoms with Gasteiger partial charge in [0.2, 0.25) is 5.91 Å². The minimum Gasteiger partial charge on any atom is -0.495 e. The van der Waals surface area contributed by atoms with Crippen molar-refractivity contribution in [3.8, 4) is 17.6 Å². The Bertz CT molecular complexity index is 1530. The predicted molar refractivity (Wildman–Crippen MR) is 167 cm³/mol. The number of amides is 2. The summed E-state index contributed by atoms with van der Waals surface area (Å²) in [5.74, 6) is 0.0770. The molecule has 9 heteroatoms. The Kier molecular flexibility index (Phi) is 10.7. The van der Waals surface area contributed by atoms with E-state index in [9.17, 15) is 14.9 Å². The van der Waals surface area contributed by atoms with Gasteiger partial charge in [-0.2, -0.15) is 5.26 Å². The standard InChI is InChI=1S/C33H34N4O4S/c1-4-5-18-41-25-15-11-14-24(19-25)36-29(38)21-42-33-26(20-34)31(23-12-7-6-8-13-23)30(22(2)35-33)32(39)37-27-16-9-10-17-28(27)40-3/h6-17,19,31,35H,4-5,18,21H2,1-3H3,(H,36,38)(H,37,39)/t31-/m0/s1. The van der Waals surface area contributed by atoms with Gasteiger partial charge in [0.1, 0.15) is 11.5 Å². The van der Waals surface area contributed by atoms with E-state index in [0.717, 1.165) is 18.4 Å². The van der Waals surface area contributed by atoms with Crippen molar-refractivity contribution in [2.75, 3.05) is 30.1 Å². The summed E-state index contributed by atoms with van der Waals surface area (Å²) in [6, 6.07) is 26.2. The maximum absolute atomic E-state index is 13.7. The predicted octanol–water partition coefficient (Wildman–Crippen LogP) is 6.58. The molecule has 0 spiro atoms. The lowest BCUT2D eigenvalue weighted by Gasteiger charge is -2.30. The molecule has 0 fully saturated rings. The van der Waals surface area contributed by atoms with Gasteiger partial charge in [-0.15, -0.1) is 0 Å². The van der Waals surface area contributed by atoms with Crippen molar-refractivity contribution in [1.82, 2.24) is 5.32 Å². The van der Waals surface area contributed by atoms with E-state index in [4.69, 9.17) is 9.47 Å². The summed E-state index contributed by atoms with van der Waals surface area (Å²) in [5, 5.41) is 19.9. The van der Waals surface area contributed by atoms with Crippen LogP contribution in [0, 0.1) is 11.3 Å². The Hall–Kier alpha value is -4.68. The summed E-state index contributed by atoms with van der Waals surface area (Å²) in [6.45, 7) is 4.52. The molecule has 3 N–H and O–H groups in total. The molecule has 4 rings (SSSR count). The fraction of sp³-hybridized carbons (Fsp3) is 0.242. The highest BCUT2D eigenvalue weighted by atomic mass is 32.2. The number of carbonyl (C=O) groups excluding carboxylic acids is 2. The van der Waals surface area contributed by atoms with Crippen LogP contribution in [-0.4, -0.2) is 31.3 Å². The molecule has 0 saturated heterocycles. The third-order valence-electron chi connectivity index (χ3n) is 6.61. The van der Waals surface area contributed by atoms with E-state index in [-0.39, 0.29) is 17.6 Å². The van der Waals surface area contributed by atoms with Crippen LogP contribution in [0.4, 0.5) is 11.4 Å². The summed E-state index contributed by atoms with van der Waals surface area (Å²) in [4.78, 5) is 26.6. The van der Waals surface area contributed by atoms with Gasteiger partial charge in [-0.1, -0.05) is 73.6 Å². The maximum atomic E-state index is 13.7. The third kappa shape index (κ3) is 7.53. The number of para-hydroxylation sites is 2. The quantitative estimate of drug-likeness (QED) is 0.207. The number of hydrogen-bond donors (Lipinski definition) is 3. The molecule has 1 atom stereocenters. The maximum Gasteiger partial charge on any atom is 0.254 e. The van der Waals surface area contributed by atoms with Gasteiger partial charge < -0.3 is 25.4 Å². The highest BCUT2D eigenvalue weighted by Gasteiger charge is 2.35. The fourth-order valence-corrected chi connectivity index (χ4v) is 5.47. The molecule has 8 nitrogen and oxygen atoms in total. The Balaban J connectivity index is 1.54. The SMILES string of the molecule is CCCCOc1cccc(NC(=O)CSC2=C(C#N)[C@H](c3ccccc3)C(C(=O)Nc3ccccc3OC)=C(C)N2)c1. The van der Waals surface area contributed by atoms with E-state index in [0.29, 0.717) is 51.4 Å². The Morgan fingerprint density at radius 3 is 2.52 bits per heavy atom. The average molecular weight is 583 g/mol. The van der Waals surface area contributed by atoms with Crippen LogP contribution in [0.5, 0.6) is 11.5 Å². The van der Waals surface area contributed by atoms with Crippen LogP contribution in [-0.2, 0) is 9.59 Å². The first-order chi connectivity index (χ1) is 20.4. The molecule has 1 heterocycles. The fourth-order valence-electron chi connectivity index (χ4n) is 4.58. The van der Waals surface area contributed by atoms with Crippen LogP contribution < -0.4 is 25.4 Å². The van der Waals surface area contributed by atoms with Crippen molar-refractivity contribution >= 4 is 35.0 Å². The number of anilines is 2. The van der Waals surface area contributed by atoms with Crippen molar-refractivity contribution in [3.05, 3.63) is 106 Å². The molecular formula is C33H34N4O4S. The van der Waals surface area contributed by atoms with E-state index in [1.54, 1.807) is 38.3 Å². The molecule has 0 saturated carbocycles. The van der Waals surface area contributed by atoms with Crippen LogP contribution >= 0.6 is 11.8 Å². The minimum atomic E-state index is -0.630. The topological polar surface area (TPSA) is 112 Å². The summed E-state index contributed by atoms with van der Waals surface area (Å²) in [5.41, 5.74) is 3.32. The zero-order valence-electron chi connectivity index (χ0n) is 23.9. The zero-order valence-corrected chi connectivity index (χ0v) is 24.7. The number of hydrogen-bond acceptors (Lipinski definition) is 7. The molecule has 0 bridgehead atoms. The van der Waals surface area contributed by atoms with Gasteiger partial charge in [-0.05, 0) is 43.2 Å². The molecular weight excluding hydrogens is 548 g/mol. The smallest absolute Gasteiger partial charge is 0.254 e. The molecule has 3 aromatic rings. The third-order valence-corrected chi connectivity index (χ3v) is 7.63. The first-order valence-electron chi connectivity index (χ1n) is 13.7.